The Morgan fingerprint density at radius 3 is 2.17 bits per heavy atom. The number of allylic oxidation sites excluding steroid dienone is 1. The third-order valence-electron chi connectivity index (χ3n) is 17.4. The van der Waals surface area contributed by atoms with E-state index in [1.165, 1.54) is 6.92 Å². The largest absolute Gasteiger partial charge is 0.481 e. The number of ether oxygens (including phenoxy) is 4. The molecule has 5 saturated carbocycles. The molecule has 7 aliphatic rings. The first kappa shape index (κ1) is 40.0. The molecule has 12 heteroatoms. The van der Waals surface area contributed by atoms with Crippen molar-refractivity contribution in [1.82, 2.24) is 0 Å². The van der Waals surface area contributed by atoms with Crippen molar-refractivity contribution in [1.29, 1.82) is 0 Å². The molecule has 0 bridgehead atoms. The van der Waals surface area contributed by atoms with E-state index < -0.39 is 78.2 Å². The lowest BCUT2D eigenvalue weighted by Crippen LogP contribution is -2.68. The average molecular weight is 751 g/mol. The van der Waals surface area contributed by atoms with Crippen LogP contribution in [0.4, 0.5) is 0 Å². The summed E-state index contributed by atoms with van der Waals surface area (Å²) in [5.41, 5.74) is -0.394. The smallest absolute Gasteiger partial charge is 0.309 e. The number of aliphatic carboxylic acids is 1. The highest BCUT2D eigenvalue weighted by atomic mass is 16.8. The first-order chi connectivity index (χ1) is 24.8. The molecular formula is C41H66O12. The van der Waals surface area contributed by atoms with E-state index in [0.29, 0.717) is 24.7 Å². The number of fused-ring (bicyclic) bond motifs is 7. The van der Waals surface area contributed by atoms with Crippen molar-refractivity contribution in [2.45, 2.75) is 167 Å². The van der Waals surface area contributed by atoms with Gasteiger partial charge in [0.2, 0.25) is 0 Å². The fraction of sp³-hybridized carbons (Fsp3) is 0.927. The lowest BCUT2D eigenvalue weighted by Gasteiger charge is -2.73. The van der Waals surface area contributed by atoms with Gasteiger partial charge in [-0.15, -0.1) is 0 Å². The molecule has 20 atom stereocenters. The van der Waals surface area contributed by atoms with Crippen LogP contribution in [0.25, 0.3) is 0 Å². The van der Waals surface area contributed by atoms with Crippen LogP contribution in [0.2, 0.25) is 0 Å². The maximum atomic E-state index is 13.0. The predicted molar refractivity (Wildman–Crippen MR) is 192 cm³/mol. The second-order valence-corrected chi connectivity index (χ2v) is 19.5. The molecule has 2 aliphatic heterocycles. The summed E-state index contributed by atoms with van der Waals surface area (Å²) in [6, 6.07) is 0. The van der Waals surface area contributed by atoms with E-state index in [1.54, 1.807) is 0 Å². The Morgan fingerprint density at radius 1 is 0.792 bits per heavy atom. The van der Waals surface area contributed by atoms with Crippen LogP contribution >= 0.6 is 0 Å². The lowest BCUT2D eigenvalue weighted by molar-refractivity contribution is -0.366. The topological polar surface area (TPSA) is 196 Å². The summed E-state index contributed by atoms with van der Waals surface area (Å²) in [7, 11) is 0. The van der Waals surface area contributed by atoms with Crippen molar-refractivity contribution >= 4 is 5.97 Å². The van der Waals surface area contributed by atoms with Gasteiger partial charge in [0.25, 0.3) is 0 Å². The van der Waals surface area contributed by atoms with Gasteiger partial charge in [0.1, 0.15) is 36.6 Å². The van der Waals surface area contributed by atoms with Crippen molar-refractivity contribution in [3.63, 3.8) is 0 Å². The van der Waals surface area contributed by atoms with Crippen molar-refractivity contribution in [2.24, 2.45) is 56.7 Å². The number of aliphatic hydroxyl groups is 6. The first-order valence-corrected chi connectivity index (χ1v) is 20.3. The Labute approximate surface area is 314 Å². The molecule has 0 aromatic rings. The van der Waals surface area contributed by atoms with Crippen molar-refractivity contribution in [3.05, 3.63) is 12.2 Å². The van der Waals surface area contributed by atoms with Crippen LogP contribution in [0.15, 0.2) is 12.2 Å². The first-order valence-electron chi connectivity index (χ1n) is 20.3. The summed E-state index contributed by atoms with van der Waals surface area (Å²) in [6.45, 7) is 17.1. The van der Waals surface area contributed by atoms with Gasteiger partial charge in [-0.1, -0.05) is 39.8 Å². The monoisotopic (exact) mass is 750 g/mol. The maximum Gasteiger partial charge on any atom is 0.309 e. The molecule has 7 rings (SSSR count). The molecule has 12 nitrogen and oxygen atoms in total. The molecule has 2 heterocycles. The highest BCUT2D eigenvalue weighted by molar-refractivity contribution is 5.76. The van der Waals surface area contributed by atoms with Crippen LogP contribution < -0.4 is 0 Å². The molecular weight excluding hydrogens is 684 g/mol. The number of aliphatic hydroxyl groups excluding tert-OH is 6. The molecule has 0 radical (unpaired) electrons. The van der Waals surface area contributed by atoms with Gasteiger partial charge in [-0.25, -0.2) is 0 Å². The number of carboxylic acid groups (broad SMARTS) is 1. The van der Waals surface area contributed by atoms with Gasteiger partial charge in [-0.2, -0.15) is 0 Å². The highest BCUT2D eigenvalue weighted by Gasteiger charge is 2.72. The van der Waals surface area contributed by atoms with Crippen molar-refractivity contribution in [3.8, 4) is 0 Å². The molecule has 53 heavy (non-hydrogen) atoms. The molecule has 0 spiro atoms. The van der Waals surface area contributed by atoms with Crippen LogP contribution in [0.3, 0.4) is 0 Å². The molecule has 0 aromatic carbocycles. The Kier molecular flexibility index (Phi) is 10.4. The van der Waals surface area contributed by atoms with Crippen molar-refractivity contribution < 1.29 is 59.5 Å². The Hall–Kier alpha value is -1.19. The van der Waals surface area contributed by atoms with E-state index in [2.05, 4.69) is 41.2 Å². The highest BCUT2D eigenvalue weighted by Crippen LogP contribution is 2.77. The van der Waals surface area contributed by atoms with E-state index in [-0.39, 0.29) is 47.2 Å². The van der Waals surface area contributed by atoms with E-state index >= 15 is 0 Å². The van der Waals surface area contributed by atoms with Gasteiger partial charge in [-0.3, -0.25) is 4.79 Å². The number of hydrogen-bond donors (Lipinski definition) is 7. The number of rotatable bonds is 7. The molecule has 7 fully saturated rings. The van der Waals surface area contributed by atoms with Gasteiger partial charge >= 0.3 is 5.97 Å². The second kappa shape index (κ2) is 13.7. The zero-order chi connectivity index (χ0) is 38.6. The van der Waals surface area contributed by atoms with Crippen LogP contribution in [0.1, 0.15) is 106 Å². The van der Waals surface area contributed by atoms with E-state index in [9.17, 15) is 40.5 Å². The van der Waals surface area contributed by atoms with Crippen LogP contribution in [-0.4, -0.2) is 116 Å². The predicted octanol–water partition coefficient (Wildman–Crippen LogP) is 3.38. The lowest BCUT2D eigenvalue weighted by atomic mass is 9.32. The molecule has 0 aromatic heterocycles. The zero-order valence-electron chi connectivity index (χ0n) is 32.5. The van der Waals surface area contributed by atoms with Gasteiger partial charge < -0.3 is 54.7 Å². The fourth-order valence-corrected chi connectivity index (χ4v) is 14.2. The van der Waals surface area contributed by atoms with Crippen LogP contribution in [-0.2, 0) is 23.7 Å². The molecule has 0 amide bonds. The maximum absolute atomic E-state index is 13.0. The quantitative estimate of drug-likeness (QED) is 0.148. The summed E-state index contributed by atoms with van der Waals surface area (Å²) >= 11 is 0. The van der Waals surface area contributed by atoms with E-state index in [4.69, 9.17) is 18.9 Å². The molecule has 2 saturated heterocycles. The summed E-state index contributed by atoms with van der Waals surface area (Å²) in [5.74, 6) is 0.490. The number of carbonyl (C=O) groups is 1. The number of hydrogen-bond acceptors (Lipinski definition) is 11. The Bertz CT molecular complexity index is 1410. The second-order valence-electron chi connectivity index (χ2n) is 19.5. The number of carboxylic acids is 1. The SMILES string of the molecule is C=C(C)[C@H]1CC[C@@]2(C(=O)O)CC[C@@]3(C)[C@@H](CC[C@H]4[C@]5(C)CC[C@@H](O[C@H]6OC[C@@H](O)[C@@H](O)[C@@H]6O[C@H]6O[C@H](C)[C@@H](O)[C@H](O)[C@@H]6O)[C@](C)(CO)[C@H]5CC[C@@]43C)[C@H]12. The normalized spacial score (nSPS) is 56.7. The molecule has 7 N–H and O–H groups in total. The van der Waals surface area contributed by atoms with Crippen LogP contribution in [0.5, 0.6) is 0 Å². The minimum Gasteiger partial charge on any atom is -0.481 e. The molecule has 5 aliphatic carbocycles. The van der Waals surface area contributed by atoms with Gasteiger partial charge in [0.15, 0.2) is 12.6 Å². The minimum atomic E-state index is -1.62. The molecule has 302 valence electrons. The zero-order valence-corrected chi connectivity index (χ0v) is 32.5. The van der Waals surface area contributed by atoms with Crippen molar-refractivity contribution in [2.75, 3.05) is 13.2 Å². The van der Waals surface area contributed by atoms with E-state index in [0.717, 1.165) is 56.9 Å². The van der Waals surface area contributed by atoms with Crippen LogP contribution in [0, 0.1) is 56.7 Å². The summed E-state index contributed by atoms with van der Waals surface area (Å²) in [4.78, 5) is 13.0. The molecule has 0 unspecified atom stereocenters. The van der Waals surface area contributed by atoms with Gasteiger partial charge in [0.05, 0.1) is 30.8 Å². The summed E-state index contributed by atoms with van der Waals surface area (Å²) in [6.07, 6.45) is -3.90. The third kappa shape index (κ3) is 5.69. The summed E-state index contributed by atoms with van der Waals surface area (Å²) < 4.78 is 24.3. The fourth-order valence-electron chi connectivity index (χ4n) is 14.2. The average Bonchev–Trinajstić information content (AvgIpc) is 3.52. The Morgan fingerprint density at radius 2 is 1.51 bits per heavy atom. The standard InChI is InChI=1S/C41H66O12/c1-20(2)22-10-15-41(36(48)49)17-16-39(6)23(28(22)41)8-9-26-37(4)13-12-27(38(5,19-42)25(37)11-14-40(26,39)7)52-35-33(30(45)24(43)18-50-35)53-34-32(47)31(46)29(44)21(3)51-34/h21-35,42-47H,1,8-19H2,2-7H3,(H,48,49)/t21-,22-,23+,24-,25+,26+,27-,28+,29-,30-,31+,32+,33+,34-,35-,37-,38-,39+,40+,41-/m1/s1. The van der Waals surface area contributed by atoms with Gasteiger partial charge in [-0.05, 0) is 124 Å². The van der Waals surface area contributed by atoms with Gasteiger partial charge in [0, 0.05) is 5.41 Å². The Balaban J connectivity index is 1.14. The third-order valence-corrected chi connectivity index (χ3v) is 17.4. The minimum absolute atomic E-state index is 0.0140. The summed E-state index contributed by atoms with van der Waals surface area (Å²) in [5, 5.41) is 74.9. The van der Waals surface area contributed by atoms with E-state index in [1.807, 2.05) is 0 Å².